The standard InChI is InChI=1S/3C6H5.Zr/c3*1-2-4-6-5-3-1;/h3*1-5H;. The van der Waals surface area contributed by atoms with Crippen LogP contribution in [0.5, 0.6) is 0 Å². The van der Waals surface area contributed by atoms with Gasteiger partial charge in [-0.15, -0.1) is 0 Å². The second-order valence-electron chi connectivity index (χ2n) is 4.47. The fourth-order valence-corrected chi connectivity index (χ4v) is 8.65. The zero-order valence-electron chi connectivity index (χ0n) is 10.7. The third kappa shape index (κ3) is 2.93. The van der Waals surface area contributed by atoms with Crippen molar-refractivity contribution in [2.24, 2.45) is 0 Å². The molecule has 0 saturated carbocycles. The van der Waals surface area contributed by atoms with Crippen LogP contribution in [-0.2, 0) is 21.8 Å². The molecule has 19 heavy (non-hydrogen) atoms. The second-order valence-corrected chi connectivity index (χ2v) is 10.6. The fourth-order valence-electron chi connectivity index (χ4n) is 2.31. The van der Waals surface area contributed by atoms with Gasteiger partial charge in [-0.05, 0) is 0 Å². The van der Waals surface area contributed by atoms with Crippen LogP contribution in [0.1, 0.15) is 0 Å². The van der Waals surface area contributed by atoms with Crippen molar-refractivity contribution in [3.8, 4) is 0 Å². The Labute approximate surface area is 122 Å². The molecule has 0 aliphatic carbocycles. The van der Waals surface area contributed by atoms with E-state index in [9.17, 15) is 0 Å². The summed E-state index contributed by atoms with van der Waals surface area (Å²) in [6.45, 7) is 0. The van der Waals surface area contributed by atoms with Crippen LogP contribution in [0, 0.1) is 0 Å². The summed E-state index contributed by atoms with van der Waals surface area (Å²) in [4.78, 5) is 0. The molecule has 0 unspecified atom stereocenters. The first-order chi connectivity index (χ1) is 9.45. The van der Waals surface area contributed by atoms with Gasteiger partial charge in [-0.3, -0.25) is 0 Å². The third-order valence-corrected chi connectivity index (χ3v) is 9.90. The number of hydrogen-bond donors (Lipinski definition) is 0. The number of benzene rings is 3. The molecule has 3 aromatic carbocycles. The fraction of sp³-hybridized carbons (Fsp3) is 0. The minimum atomic E-state index is -1.98. The normalized spacial score (nSPS) is 10.1. The molecule has 0 heterocycles. The van der Waals surface area contributed by atoms with Crippen LogP contribution in [0.25, 0.3) is 0 Å². The second kappa shape index (κ2) is 6.13. The van der Waals surface area contributed by atoms with Crippen LogP contribution in [-0.4, -0.2) is 0 Å². The van der Waals surface area contributed by atoms with E-state index in [-0.39, 0.29) is 0 Å². The molecule has 0 N–H and O–H groups in total. The van der Waals surface area contributed by atoms with E-state index in [1.54, 1.807) is 0 Å². The first-order valence-corrected chi connectivity index (χ1v) is 10.2. The van der Waals surface area contributed by atoms with Crippen LogP contribution in [0.2, 0.25) is 0 Å². The summed E-state index contributed by atoms with van der Waals surface area (Å²) in [6, 6.07) is 32.9. The Kier molecular flexibility index (Phi) is 4.05. The number of rotatable bonds is 3. The molecule has 0 aromatic heterocycles. The zero-order chi connectivity index (χ0) is 12.9. The van der Waals surface area contributed by atoms with Crippen molar-refractivity contribution in [1.29, 1.82) is 0 Å². The molecule has 0 nitrogen and oxygen atoms in total. The van der Waals surface area contributed by atoms with Gasteiger partial charge in [-0.25, -0.2) is 0 Å². The SMILES string of the molecule is c1cc[c]([Zr]([c]2ccccc2)[c]2ccccc2)cc1. The summed E-state index contributed by atoms with van der Waals surface area (Å²) < 4.78 is 4.59. The molecule has 0 aliphatic rings. The van der Waals surface area contributed by atoms with Gasteiger partial charge in [-0.2, -0.15) is 0 Å². The van der Waals surface area contributed by atoms with Crippen molar-refractivity contribution in [2.75, 3.05) is 0 Å². The topological polar surface area (TPSA) is 0 Å². The summed E-state index contributed by atoms with van der Waals surface area (Å²) in [5.74, 6) is 0. The molecule has 0 atom stereocenters. The average Bonchev–Trinajstić information content (AvgIpc) is 2.51. The summed E-state index contributed by atoms with van der Waals surface area (Å²) >= 11 is -1.98. The molecule has 3 rings (SSSR count). The average molecular weight is 323 g/mol. The van der Waals surface area contributed by atoms with Gasteiger partial charge in [-0.1, -0.05) is 0 Å². The van der Waals surface area contributed by atoms with Gasteiger partial charge in [0.2, 0.25) is 0 Å². The van der Waals surface area contributed by atoms with E-state index in [1.807, 2.05) is 0 Å². The predicted molar refractivity (Wildman–Crippen MR) is 78.2 cm³/mol. The molecule has 91 valence electrons. The molecular weight excluding hydrogens is 307 g/mol. The van der Waals surface area contributed by atoms with E-state index in [1.165, 1.54) is 9.81 Å². The van der Waals surface area contributed by atoms with Gasteiger partial charge in [0.1, 0.15) is 0 Å². The molecule has 1 heteroatoms. The monoisotopic (exact) mass is 321 g/mol. The summed E-state index contributed by atoms with van der Waals surface area (Å²) in [6.07, 6.45) is 0. The first kappa shape index (κ1) is 12.6. The van der Waals surface area contributed by atoms with E-state index >= 15 is 0 Å². The van der Waals surface area contributed by atoms with Crippen molar-refractivity contribution in [3.63, 3.8) is 0 Å². The maximum atomic E-state index is 2.29. The summed E-state index contributed by atoms with van der Waals surface area (Å²) in [5.41, 5.74) is 0. The van der Waals surface area contributed by atoms with E-state index in [0.717, 1.165) is 0 Å². The van der Waals surface area contributed by atoms with E-state index in [4.69, 9.17) is 0 Å². The van der Waals surface area contributed by atoms with Crippen LogP contribution >= 0.6 is 0 Å². The Bertz CT molecular complexity index is 524. The Balaban J connectivity index is 2.12. The molecule has 0 radical (unpaired) electrons. The van der Waals surface area contributed by atoms with E-state index in [0.29, 0.717) is 0 Å². The van der Waals surface area contributed by atoms with Crippen molar-refractivity contribution >= 4 is 9.81 Å². The summed E-state index contributed by atoms with van der Waals surface area (Å²) in [7, 11) is 0. The van der Waals surface area contributed by atoms with Crippen LogP contribution in [0.3, 0.4) is 0 Å². The molecule has 0 amide bonds. The molecule has 0 bridgehead atoms. The van der Waals surface area contributed by atoms with E-state index < -0.39 is 21.8 Å². The first-order valence-electron chi connectivity index (χ1n) is 6.48. The Hall–Kier alpha value is -1.46. The third-order valence-electron chi connectivity index (χ3n) is 3.19. The van der Waals surface area contributed by atoms with Crippen LogP contribution in [0.4, 0.5) is 0 Å². The van der Waals surface area contributed by atoms with Gasteiger partial charge in [0, 0.05) is 0 Å². The van der Waals surface area contributed by atoms with Crippen molar-refractivity contribution in [2.45, 2.75) is 0 Å². The molecule has 3 aromatic rings. The molecular formula is C18H15Zr. The van der Waals surface area contributed by atoms with Gasteiger partial charge >= 0.3 is 123 Å². The minimum absolute atomic E-state index is 1.53. The van der Waals surface area contributed by atoms with Gasteiger partial charge < -0.3 is 0 Å². The molecule has 0 saturated heterocycles. The van der Waals surface area contributed by atoms with Gasteiger partial charge in [0.05, 0.1) is 0 Å². The zero-order valence-corrected chi connectivity index (χ0v) is 13.1. The Morgan fingerprint density at radius 3 is 0.895 bits per heavy atom. The molecule has 0 fully saturated rings. The Morgan fingerprint density at radius 1 is 0.368 bits per heavy atom. The van der Waals surface area contributed by atoms with Crippen molar-refractivity contribution in [1.82, 2.24) is 0 Å². The van der Waals surface area contributed by atoms with E-state index in [2.05, 4.69) is 91.0 Å². The maximum absolute atomic E-state index is 2.29. The molecule has 0 aliphatic heterocycles. The van der Waals surface area contributed by atoms with Crippen LogP contribution < -0.4 is 9.81 Å². The molecule has 0 spiro atoms. The number of hydrogen-bond acceptors (Lipinski definition) is 0. The quantitative estimate of drug-likeness (QED) is 0.695. The Morgan fingerprint density at radius 2 is 0.632 bits per heavy atom. The van der Waals surface area contributed by atoms with Gasteiger partial charge in [0.25, 0.3) is 0 Å². The van der Waals surface area contributed by atoms with Crippen molar-refractivity contribution in [3.05, 3.63) is 91.0 Å². The predicted octanol–water partition coefficient (Wildman–Crippen LogP) is 2.58. The van der Waals surface area contributed by atoms with Crippen molar-refractivity contribution < 1.29 is 21.8 Å². The summed E-state index contributed by atoms with van der Waals surface area (Å²) in [5, 5.41) is 0. The van der Waals surface area contributed by atoms with Gasteiger partial charge in [0.15, 0.2) is 0 Å². The van der Waals surface area contributed by atoms with Crippen LogP contribution in [0.15, 0.2) is 91.0 Å².